The van der Waals surface area contributed by atoms with Crippen molar-refractivity contribution in [2.45, 2.75) is 45.8 Å². The van der Waals surface area contributed by atoms with Crippen LogP contribution in [-0.2, 0) is 22.6 Å². The van der Waals surface area contributed by atoms with Crippen LogP contribution in [0.5, 0.6) is 0 Å². The minimum Gasteiger partial charge on any atom is -0.379 e. The van der Waals surface area contributed by atoms with Gasteiger partial charge in [0.2, 0.25) is 5.60 Å². The van der Waals surface area contributed by atoms with Gasteiger partial charge in [-0.25, -0.2) is 4.98 Å². The second-order valence-electron chi connectivity index (χ2n) is 5.88. The monoisotopic (exact) mass is 290 g/mol. The Morgan fingerprint density at radius 1 is 1.43 bits per heavy atom. The van der Waals surface area contributed by atoms with Crippen molar-refractivity contribution >= 4 is 11.6 Å². The van der Waals surface area contributed by atoms with Crippen molar-refractivity contribution in [1.82, 2.24) is 14.9 Å². The van der Waals surface area contributed by atoms with Crippen LogP contribution in [0.3, 0.4) is 0 Å². The maximum atomic E-state index is 12.7. The van der Waals surface area contributed by atoms with E-state index in [1.165, 1.54) is 0 Å². The van der Waals surface area contributed by atoms with E-state index in [0.29, 0.717) is 43.0 Å². The highest BCUT2D eigenvalue weighted by Crippen LogP contribution is 2.27. The van der Waals surface area contributed by atoms with Crippen LogP contribution >= 0.6 is 0 Å². The highest BCUT2D eigenvalue weighted by atomic mass is 16.7. The third kappa shape index (κ3) is 2.32. The molecule has 112 valence electrons. The molecule has 3 rings (SSSR count). The predicted molar refractivity (Wildman–Crippen MR) is 75.9 cm³/mol. The Bertz CT molecular complexity index is 694. The van der Waals surface area contributed by atoms with Gasteiger partial charge in [-0.05, 0) is 27.2 Å². The molecule has 21 heavy (non-hydrogen) atoms. The number of hydrogen-bond donors (Lipinski definition) is 1. The van der Waals surface area contributed by atoms with Crippen molar-refractivity contribution in [3.63, 3.8) is 0 Å². The fourth-order valence-electron chi connectivity index (χ4n) is 2.92. The summed E-state index contributed by atoms with van der Waals surface area (Å²) >= 11 is 0. The molecular weight excluding hydrogens is 272 g/mol. The average molecular weight is 290 g/mol. The molecule has 3 heterocycles. The van der Waals surface area contributed by atoms with Gasteiger partial charge in [0.15, 0.2) is 0 Å². The third-order valence-electron chi connectivity index (χ3n) is 3.93. The minimum atomic E-state index is -0.933. The number of nitrogens with one attached hydrogen (secondary N) is 1. The van der Waals surface area contributed by atoms with Gasteiger partial charge in [0, 0.05) is 18.5 Å². The van der Waals surface area contributed by atoms with Gasteiger partial charge < -0.3 is 14.7 Å². The number of aryl methyl sites for hydroxylation is 1. The third-order valence-corrected chi connectivity index (χ3v) is 3.93. The summed E-state index contributed by atoms with van der Waals surface area (Å²) in [5.74, 6) is 0.462. The first kappa shape index (κ1) is 13.8. The van der Waals surface area contributed by atoms with E-state index in [1.54, 1.807) is 18.7 Å². The molecule has 1 atom stereocenters. The number of aromatic amines is 1. The van der Waals surface area contributed by atoms with Crippen LogP contribution in [0.15, 0.2) is 9.95 Å². The maximum absolute atomic E-state index is 12.7. The molecule has 0 saturated carbocycles. The van der Waals surface area contributed by atoms with E-state index in [2.05, 4.69) is 15.1 Å². The molecule has 0 aliphatic carbocycles. The van der Waals surface area contributed by atoms with Gasteiger partial charge in [-0.3, -0.25) is 9.59 Å². The maximum Gasteiger partial charge on any atom is 0.270 e. The molecule has 1 aromatic heterocycles. The normalized spacial score (nSPS) is 24.3. The van der Waals surface area contributed by atoms with Gasteiger partial charge >= 0.3 is 0 Å². The van der Waals surface area contributed by atoms with Gasteiger partial charge in [-0.2, -0.15) is 0 Å². The van der Waals surface area contributed by atoms with Crippen LogP contribution in [0.1, 0.15) is 37.4 Å². The van der Waals surface area contributed by atoms with Crippen LogP contribution in [0.25, 0.3) is 0 Å². The number of hydrogen-bond acceptors (Lipinski definition) is 5. The SMILES string of the molecule is CC1=NO[C@](C)(C(=O)N2CCc3c(nc(C)[nH]c3=O)C2)C1. The fraction of sp³-hybridized carbons (Fsp3) is 0.571. The Kier molecular flexibility index (Phi) is 3.07. The summed E-state index contributed by atoms with van der Waals surface area (Å²) in [6.45, 7) is 6.17. The van der Waals surface area contributed by atoms with Gasteiger partial charge in [0.25, 0.3) is 11.5 Å². The summed E-state index contributed by atoms with van der Waals surface area (Å²) in [4.78, 5) is 38.6. The smallest absolute Gasteiger partial charge is 0.270 e. The van der Waals surface area contributed by atoms with Crippen LogP contribution in [0.2, 0.25) is 0 Å². The van der Waals surface area contributed by atoms with E-state index in [4.69, 9.17) is 4.84 Å². The molecule has 0 aromatic carbocycles. The zero-order chi connectivity index (χ0) is 15.2. The number of aromatic nitrogens is 2. The molecule has 2 aliphatic heterocycles. The summed E-state index contributed by atoms with van der Waals surface area (Å²) in [6.07, 6.45) is 1.01. The number of oxime groups is 1. The zero-order valence-corrected chi connectivity index (χ0v) is 12.4. The zero-order valence-electron chi connectivity index (χ0n) is 12.4. The number of amides is 1. The molecule has 0 unspecified atom stereocenters. The first-order valence-electron chi connectivity index (χ1n) is 6.99. The van der Waals surface area contributed by atoms with E-state index < -0.39 is 5.60 Å². The molecule has 0 spiro atoms. The minimum absolute atomic E-state index is 0.103. The van der Waals surface area contributed by atoms with Crippen molar-refractivity contribution in [1.29, 1.82) is 0 Å². The summed E-state index contributed by atoms with van der Waals surface area (Å²) in [5.41, 5.74) is 1.13. The molecule has 1 amide bonds. The molecule has 7 nitrogen and oxygen atoms in total. The van der Waals surface area contributed by atoms with Gasteiger partial charge in [-0.1, -0.05) is 5.16 Å². The topological polar surface area (TPSA) is 87.7 Å². The fourth-order valence-corrected chi connectivity index (χ4v) is 2.92. The van der Waals surface area contributed by atoms with Gasteiger partial charge in [0.05, 0.1) is 18.0 Å². The van der Waals surface area contributed by atoms with E-state index in [9.17, 15) is 9.59 Å². The lowest BCUT2D eigenvalue weighted by Crippen LogP contribution is -2.49. The second-order valence-corrected chi connectivity index (χ2v) is 5.88. The summed E-state index contributed by atoms with van der Waals surface area (Å²) in [7, 11) is 0. The Morgan fingerprint density at radius 2 is 2.19 bits per heavy atom. The second kappa shape index (κ2) is 4.68. The standard InChI is InChI=1S/C14H18N4O3/c1-8-6-14(3,21-17-8)13(20)18-5-4-10-11(7-18)15-9(2)16-12(10)19/h4-7H2,1-3H3,(H,15,16,19)/t14-/m0/s1. The summed E-state index contributed by atoms with van der Waals surface area (Å²) < 4.78 is 0. The molecule has 7 heteroatoms. The number of nitrogens with zero attached hydrogens (tertiary/aromatic N) is 3. The molecular formula is C14H18N4O3. The molecule has 0 saturated heterocycles. The highest BCUT2D eigenvalue weighted by molar-refractivity contribution is 5.94. The lowest BCUT2D eigenvalue weighted by Gasteiger charge is -2.32. The number of carbonyl (C=O) groups is 1. The molecule has 2 aliphatic rings. The first-order valence-corrected chi connectivity index (χ1v) is 6.99. The number of carbonyl (C=O) groups excluding carboxylic acids is 1. The van der Waals surface area contributed by atoms with E-state index in [-0.39, 0.29) is 11.5 Å². The molecule has 1 aromatic rings. The lowest BCUT2D eigenvalue weighted by atomic mass is 9.96. The number of H-pyrrole nitrogens is 1. The quantitative estimate of drug-likeness (QED) is 0.816. The Labute approximate surface area is 122 Å². The first-order chi connectivity index (χ1) is 9.89. The van der Waals surface area contributed by atoms with E-state index in [1.807, 2.05) is 6.92 Å². The lowest BCUT2D eigenvalue weighted by molar-refractivity contribution is -0.154. The number of rotatable bonds is 1. The van der Waals surface area contributed by atoms with Crippen LogP contribution < -0.4 is 5.56 Å². The Balaban J connectivity index is 1.84. The molecule has 0 radical (unpaired) electrons. The summed E-state index contributed by atoms with van der Waals surface area (Å²) in [5, 5.41) is 3.88. The van der Waals surface area contributed by atoms with Gasteiger partial charge in [-0.15, -0.1) is 0 Å². The van der Waals surface area contributed by atoms with Crippen molar-refractivity contribution in [2.24, 2.45) is 5.16 Å². The van der Waals surface area contributed by atoms with E-state index >= 15 is 0 Å². The summed E-state index contributed by atoms with van der Waals surface area (Å²) in [6, 6.07) is 0. The van der Waals surface area contributed by atoms with Crippen molar-refractivity contribution < 1.29 is 9.63 Å². The number of fused-ring (bicyclic) bond motifs is 1. The van der Waals surface area contributed by atoms with Crippen LogP contribution in [0.4, 0.5) is 0 Å². The largest absolute Gasteiger partial charge is 0.379 e. The van der Waals surface area contributed by atoms with Crippen molar-refractivity contribution in [2.75, 3.05) is 6.54 Å². The molecule has 0 bridgehead atoms. The van der Waals surface area contributed by atoms with Crippen molar-refractivity contribution in [3.05, 3.63) is 27.4 Å². The highest BCUT2D eigenvalue weighted by Gasteiger charge is 2.44. The predicted octanol–water partition coefficient (Wildman–Crippen LogP) is 0.518. The van der Waals surface area contributed by atoms with Gasteiger partial charge in [0.1, 0.15) is 5.82 Å². The van der Waals surface area contributed by atoms with Crippen molar-refractivity contribution in [3.8, 4) is 0 Å². The van der Waals surface area contributed by atoms with Crippen LogP contribution in [0, 0.1) is 6.92 Å². The molecule has 0 fully saturated rings. The average Bonchev–Trinajstić information content (AvgIpc) is 2.78. The molecule has 1 N–H and O–H groups in total. The van der Waals surface area contributed by atoms with E-state index in [0.717, 1.165) is 5.71 Å². The Hall–Kier alpha value is -2.18. The van der Waals surface area contributed by atoms with Crippen LogP contribution in [-0.4, -0.2) is 38.6 Å². The Morgan fingerprint density at radius 3 is 2.86 bits per heavy atom.